The van der Waals surface area contributed by atoms with Crippen LogP contribution in [-0.4, -0.2) is 37.0 Å². The lowest BCUT2D eigenvalue weighted by molar-refractivity contribution is -0.137. The van der Waals surface area contributed by atoms with E-state index in [4.69, 9.17) is 16.0 Å². The van der Waals surface area contributed by atoms with Crippen molar-refractivity contribution in [3.8, 4) is 0 Å². The molecule has 128 valence electrons. The summed E-state index contributed by atoms with van der Waals surface area (Å²) in [7, 11) is 0. The summed E-state index contributed by atoms with van der Waals surface area (Å²) >= 11 is 5.64. The molecule has 0 saturated carbocycles. The van der Waals surface area contributed by atoms with Gasteiger partial charge in [-0.2, -0.15) is 13.2 Å². The second kappa shape index (κ2) is 6.39. The molecular formula is C16H14ClF3N2O2. The standard InChI is InChI=1S/C16H14ClF3N2O2/c17-13-4-3-11(10-12(13)16(18,19)20)21-5-7-22(8-6-21)15(23)14-2-1-9-24-14/h1-4,9-10H,5-8H2. The molecule has 24 heavy (non-hydrogen) atoms. The predicted molar refractivity (Wildman–Crippen MR) is 83.3 cm³/mol. The fourth-order valence-corrected chi connectivity index (χ4v) is 2.88. The Morgan fingerprint density at radius 1 is 1.12 bits per heavy atom. The summed E-state index contributed by atoms with van der Waals surface area (Å²) in [6, 6.07) is 7.08. The Labute approximate surface area is 141 Å². The Bertz CT molecular complexity index is 723. The van der Waals surface area contributed by atoms with Gasteiger partial charge in [-0.25, -0.2) is 0 Å². The number of carbonyl (C=O) groups is 1. The number of hydrogen-bond acceptors (Lipinski definition) is 3. The third kappa shape index (κ3) is 3.36. The minimum atomic E-state index is -4.50. The average molecular weight is 359 g/mol. The van der Waals surface area contributed by atoms with Gasteiger partial charge in [0.25, 0.3) is 5.91 Å². The second-order valence-corrected chi connectivity index (χ2v) is 5.83. The number of halogens is 4. The van der Waals surface area contributed by atoms with Crippen LogP contribution in [0.1, 0.15) is 16.1 Å². The van der Waals surface area contributed by atoms with E-state index in [0.29, 0.717) is 31.9 Å². The number of nitrogens with zero attached hydrogens (tertiary/aromatic N) is 2. The van der Waals surface area contributed by atoms with Crippen LogP contribution in [0.15, 0.2) is 41.0 Å². The van der Waals surface area contributed by atoms with Gasteiger partial charge in [-0.15, -0.1) is 0 Å². The molecule has 0 N–H and O–H groups in total. The molecule has 1 saturated heterocycles. The van der Waals surface area contributed by atoms with Crippen molar-refractivity contribution < 1.29 is 22.4 Å². The topological polar surface area (TPSA) is 36.7 Å². The highest BCUT2D eigenvalue weighted by Crippen LogP contribution is 2.37. The van der Waals surface area contributed by atoms with Gasteiger partial charge in [0.2, 0.25) is 0 Å². The molecule has 1 aromatic carbocycles. The molecule has 4 nitrogen and oxygen atoms in total. The summed E-state index contributed by atoms with van der Waals surface area (Å²) in [5.74, 6) is 0.0426. The van der Waals surface area contributed by atoms with E-state index >= 15 is 0 Å². The number of benzene rings is 1. The van der Waals surface area contributed by atoms with E-state index in [1.54, 1.807) is 28.0 Å². The number of hydrogen-bond donors (Lipinski definition) is 0. The normalized spacial score (nSPS) is 15.7. The highest BCUT2D eigenvalue weighted by atomic mass is 35.5. The summed E-state index contributed by atoms with van der Waals surface area (Å²) < 4.78 is 43.9. The maximum absolute atomic E-state index is 13.0. The monoisotopic (exact) mass is 358 g/mol. The lowest BCUT2D eigenvalue weighted by atomic mass is 10.1. The van der Waals surface area contributed by atoms with Crippen molar-refractivity contribution in [3.05, 3.63) is 52.9 Å². The first-order valence-corrected chi connectivity index (χ1v) is 7.68. The van der Waals surface area contributed by atoms with Crippen LogP contribution >= 0.6 is 11.6 Å². The zero-order chi connectivity index (χ0) is 17.3. The summed E-state index contributed by atoms with van der Waals surface area (Å²) in [4.78, 5) is 15.6. The zero-order valence-corrected chi connectivity index (χ0v) is 13.3. The molecular weight excluding hydrogens is 345 g/mol. The van der Waals surface area contributed by atoms with Crippen molar-refractivity contribution in [1.82, 2.24) is 4.90 Å². The fraction of sp³-hybridized carbons (Fsp3) is 0.312. The number of carbonyl (C=O) groups excluding carboxylic acids is 1. The van der Waals surface area contributed by atoms with Crippen molar-refractivity contribution in [2.75, 3.05) is 31.1 Å². The first-order valence-electron chi connectivity index (χ1n) is 7.31. The lowest BCUT2D eigenvalue weighted by Crippen LogP contribution is -2.48. The second-order valence-electron chi connectivity index (χ2n) is 5.42. The van der Waals surface area contributed by atoms with E-state index in [9.17, 15) is 18.0 Å². The van der Waals surface area contributed by atoms with Crippen molar-refractivity contribution in [2.45, 2.75) is 6.18 Å². The molecule has 2 heterocycles. The SMILES string of the molecule is O=C(c1ccco1)N1CCN(c2ccc(Cl)c(C(F)(F)F)c2)CC1. The maximum Gasteiger partial charge on any atom is 0.417 e. The van der Waals surface area contributed by atoms with Crippen LogP contribution in [0.4, 0.5) is 18.9 Å². The first kappa shape index (κ1) is 16.7. The molecule has 1 amide bonds. The van der Waals surface area contributed by atoms with Crippen LogP contribution in [0.25, 0.3) is 0 Å². The zero-order valence-electron chi connectivity index (χ0n) is 12.5. The van der Waals surface area contributed by atoms with Gasteiger partial charge in [-0.1, -0.05) is 11.6 Å². The highest BCUT2D eigenvalue weighted by molar-refractivity contribution is 6.31. The summed E-state index contributed by atoms with van der Waals surface area (Å²) in [5.41, 5.74) is -0.410. The fourth-order valence-electron chi connectivity index (χ4n) is 2.65. The summed E-state index contributed by atoms with van der Waals surface area (Å²) in [6.07, 6.45) is -3.07. The molecule has 1 aliphatic heterocycles. The number of amides is 1. The number of rotatable bonds is 2. The molecule has 8 heteroatoms. The van der Waals surface area contributed by atoms with Crippen LogP contribution in [0.5, 0.6) is 0 Å². The van der Waals surface area contributed by atoms with E-state index in [1.165, 1.54) is 12.3 Å². The average Bonchev–Trinajstić information content (AvgIpc) is 3.08. The van der Waals surface area contributed by atoms with Gasteiger partial charge in [0.05, 0.1) is 16.8 Å². The Hall–Kier alpha value is -2.15. The number of alkyl halides is 3. The minimum Gasteiger partial charge on any atom is -0.459 e. The molecule has 1 aromatic heterocycles. The molecule has 0 unspecified atom stereocenters. The first-order chi connectivity index (χ1) is 11.4. The van der Waals surface area contributed by atoms with Crippen molar-refractivity contribution in [1.29, 1.82) is 0 Å². The molecule has 2 aromatic rings. The van der Waals surface area contributed by atoms with Crippen LogP contribution in [-0.2, 0) is 6.18 Å². The molecule has 1 aliphatic rings. The van der Waals surface area contributed by atoms with E-state index in [0.717, 1.165) is 6.07 Å². The van der Waals surface area contributed by atoms with Gasteiger partial charge in [-0.3, -0.25) is 4.79 Å². The van der Waals surface area contributed by atoms with E-state index in [1.807, 2.05) is 0 Å². The molecule has 0 bridgehead atoms. The van der Waals surface area contributed by atoms with Crippen molar-refractivity contribution >= 4 is 23.2 Å². The molecule has 0 atom stereocenters. The van der Waals surface area contributed by atoms with Gasteiger partial charge in [0.15, 0.2) is 5.76 Å². The number of anilines is 1. The van der Waals surface area contributed by atoms with Gasteiger partial charge in [0, 0.05) is 31.9 Å². The third-order valence-electron chi connectivity index (χ3n) is 3.92. The lowest BCUT2D eigenvalue weighted by Gasteiger charge is -2.36. The highest BCUT2D eigenvalue weighted by Gasteiger charge is 2.34. The van der Waals surface area contributed by atoms with Crippen molar-refractivity contribution in [2.24, 2.45) is 0 Å². The minimum absolute atomic E-state index is 0.216. The van der Waals surface area contributed by atoms with E-state index in [-0.39, 0.29) is 16.7 Å². The third-order valence-corrected chi connectivity index (χ3v) is 4.25. The van der Waals surface area contributed by atoms with Crippen LogP contribution in [0.3, 0.4) is 0 Å². The summed E-state index contributed by atoms with van der Waals surface area (Å²) in [6.45, 7) is 1.68. The molecule has 0 radical (unpaired) electrons. The molecule has 0 spiro atoms. The van der Waals surface area contributed by atoms with Crippen LogP contribution in [0.2, 0.25) is 5.02 Å². The van der Waals surface area contributed by atoms with Gasteiger partial charge in [0.1, 0.15) is 0 Å². The largest absolute Gasteiger partial charge is 0.459 e. The Kier molecular flexibility index (Phi) is 4.45. The van der Waals surface area contributed by atoms with Crippen LogP contribution in [0, 0.1) is 0 Å². The maximum atomic E-state index is 13.0. The molecule has 1 fully saturated rings. The molecule has 0 aliphatic carbocycles. The number of furan rings is 1. The number of piperazine rings is 1. The van der Waals surface area contributed by atoms with Gasteiger partial charge >= 0.3 is 6.18 Å². The predicted octanol–water partition coefficient (Wildman–Crippen LogP) is 3.91. The Balaban J connectivity index is 1.70. The van der Waals surface area contributed by atoms with Gasteiger partial charge in [-0.05, 0) is 30.3 Å². The van der Waals surface area contributed by atoms with Crippen molar-refractivity contribution in [3.63, 3.8) is 0 Å². The summed E-state index contributed by atoms with van der Waals surface area (Å²) in [5, 5.41) is -0.321. The van der Waals surface area contributed by atoms with Crippen LogP contribution < -0.4 is 4.90 Å². The molecule has 3 rings (SSSR count). The smallest absolute Gasteiger partial charge is 0.417 e. The Morgan fingerprint density at radius 2 is 1.83 bits per heavy atom. The quantitative estimate of drug-likeness (QED) is 0.816. The van der Waals surface area contributed by atoms with E-state index in [2.05, 4.69) is 0 Å². The Morgan fingerprint density at radius 3 is 2.42 bits per heavy atom. The van der Waals surface area contributed by atoms with E-state index < -0.39 is 11.7 Å². The van der Waals surface area contributed by atoms with Gasteiger partial charge < -0.3 is 14.2 Å².